The van der Waals surface area contributed by atoms with E-state index in [1.807, 2.05) is 0 Å². The highest BCUT2D eigenvalue weighted by Gasteiger charge is 2.28. The lowest BCUT2D eigenvalue weighted by molar-refractivity contribution is -0.137. The molecule has 0 atom stereocenters. The Morgan fingerprint density at radius 2 is 1.57 bits per heavy atom. The lowest BCUT2D eigenvalue weighted by atomic mass is 9.95. The van der Waals surface area contributed by atoms with Crippen molar-refractivity contribution in [3.63, 3.8) is 0 Å². The van der Waals surface area contributed by atoms with Gasteiger partial charge < -0.3 is 14.9 Å². The van der Waals surface area contributed by atoms with Crippen LogP contribution in [0.25, 0.3) is 0 Å². The van der Waals surface area contributed by atoms with Gasteiger partial charge in [-0.15, -0.1) is 0 Å². The molecule has 2 rings (SSSR count). The predicted octanol–water partition coefficient (Wildman–Crippen LogP) is 2.26. The molecule has 122 valence electrons. The molecule has 0 aromatic carbocycles. The minimum Gasteiger partial charge on any atom is -0.396 e. The maximum absolute atomic E-state index is 12.6. The number of carbonyl (C=O) groups excluding carboxylic acids is 1. The molecule has 2 fully saturated rings. The van der Waals surface area contributed by atoms with Crippen LogP contribution in [0.15, 0.2) is 0 Å². The first kappa shape index (κ1) is 16.8. The molecule has 0 spiro atoms. The summed E-state index contributed by atoms with van der Waals surface area (Å²) >= 11 is 0. The van der Waals surface area contributed by atoms with E-state index in [2.05, 4.69) is 9.80 Å². The molecule has 0 aliphatic carbocycles. The summed E-state index contributed by atoms with van der Waals surface area (Å²) in [5.74, 6) is 0.702. The van der Waals surface area contributed by atoms with Gasteiger partial charge in [-0.1, -0.05) is 12.8 Å². The maximum atomic E-state index is 12.6. The molecule has 4 nitrogen and oxygen atoms in total. The van der Waals surface area contributed by atoms with Crippen LogP contribution in [-0.4, -0.2) is 60.1 Å². The molecule has 2 saturated heterocycles. The number of piperidine rings is 1. The summed E-state index contributed by atoms with van der Waals surface area (Å²) in [6.45, 7) is 5.56. The Balaban J connectivity index is 1.66. The molecule has 0 saturated carbocycles. The van der Waals surface area contributed by atoms with Crippen molar-refractivity contribution in [3.05, 3.63) is 0 Å². The molecule has 2 aliphatic rings. The highest BCUT2D eigenvalue weighted by Crippen LogP contribution is 2.22. The van der Waals surface area contributed by atoms with E-state index in [-0.39, 0.29) is 5.92 Å². The lowest BCUT2D eigenvalue weighted by Crippen LogP contribution is -2.43. The Morgan fingerprint density at radius 1 is 0.905 bits per heavy atom. The van der Waals surface area contributed by atoms with E-state index in [4.69, 9.17) is 5.11 Å². The number of rotatable bonds is 6. The van der Waals surface area contributed by atoms with Crippen LogP contribution in [0.1, 0.15) is 57.8 Å². The number of hydrogen-bond donors (Lipinski definition) is 1. The average molecular weight is 296 g/mol. The van der Waals surface area contributed by atoms with Crippen LogP contribution in [0, 0.1) is 5.92 Å². The van der Waals surface area contributed by atoms with Crippen LogP contribution >= 0.6 is 0 Å². The van der Waals surface area contributed by atoms with Crippen LogP contribution < -0.4 is 0 Å². The second kappa shape index (κ2) is 9.42. The number of nitrogens with zero attached hydrogens (tertiary/aromatic N) is 2. The molecular weight excluding hydrogens is 264 g/mol. The molecule has 2 heterocycles. The van der Waals surface area contributed by atoms with Gasteiger partial charge in [-0.05, 0) is 64.6 Å². The molecule has 2 aliphatic heterocycles. The van der Waals surface area contributed by atoms with E-state index in [0.29, 0.717) is 12.5 Å². The van der Waals surface area contributed by atoms with Gasteiger partial charge in [0.1, 0.15) is 0 Å². The van der Waals surface area contributed by atoms with E-state index in [9.17, 15) is 4.79 Å². The number of carbonyl (C=O) groups is 1. The van der Waals surface area contributed by atoms with E-state index in [1.165, 1.54) is 32.1 Å². The number of likely N-dealkylation sites (tertiary alicyclic amines) is 2. The highest BCUT2D eigenvalue weighted by molar-refractivity contribution is 5.79. The van der Waals surface area contributed by atoms with Gasteiger partial charge >= 0.3 is 0 Å². The second-order valence-corrected chi connectivity index (χ2v) is 6.64. The van der Waals surface area contributed by atoms with Crippen LogP contribution in [0.3, 0.4) is 0 Å². The van der Waals surface area contributed by atoms with Crippen molar-refractivity contribution >= 4 is 5.91 Å². The maximum Gasteiger partial charge on any atom is 0.225 e. The zero-order valence-corrected chi connectivity index (χ0v) is 13.4. The molecule has 0 aromatic heterocycles. The van der Waals surface area contributed by atoms with Crippen molar-refractivity contribution in [1.82, 2.24) is 9.80 Å². The van der Waals surface area contributed by atoms with Crippen molar-refractivity contribution < 1.29 is 9.90 Å². The first-order valence-corrected chi connectivity index (χ1v) is 8.93. The summed E-state index contributed by atoms with van der Waals surface area (Å²) in [6.07, 6.45) is 10.2. The Hall–Kier alpha value is -0.610. The van der Waals surface area contributed by atoms with Gasteiger partial charge in [0.15, 0.2) is 0 Å². The van der Waals surface area contributed by atoms with Crippen molar-refractivity contribution in [1.29, 1.82) is 0 Å². The number of aliphatic hydroxyl groups is 1. The molecule has 0 bridgehead atoms. The summed E-state index contributed by atoms with van der Waals surface area (Å²) < 4.78 is 0. The van der Waals surface area contributed by atoms with E-state index in [1.54, 1.807) is 0 Å². The molecule has 0 unspecified atom stereocenters. The second-order valence-electron chi connectivity index (χ2n) is 6.64. The van der Waals surface area contributed by atoms with E-state index < -0.39 is 0 Å². The van der Waals surface area contributed by atoms with Crippen LogP contribution in [0.2, 0.25) is 0 Å². The van der Waals surface area contributed by atoms with Crippen LogP contribution in [0.4, 0.5) is 0 Å². The molecular formula is C17H32N2O2. The molecule has 4 heteroatoms. The van der Waals surface area contributed by atoms with Gasteiger partial charge in [-0.3, -0.25) is 4.79 Å². The predicted molar refractivity (Wildman–Crippen MR) is 85.1 cm³/mol. The number of amides is 1. The third-order valence-corrected chi connectivity index (χ3v) is 4.99. The van der Waals surface area contributed by atoms with Crippen molar-refractivity contribution in [3.8, 4) is 0 Å². The fourth-order valence-electron chi connectivity index (χ4n) is 3.58. The van der Waals surface area contributed by atoms with Crippen LogP contribution in [-0.2, 0) is 4.79 Å². The van der Waals surface area contributed by atoms with Crippen molar-refractivity contribution in [2.75, 3.05) is 39.3 Å². The number of hydrogen-bond acceptors (Lipinski definition) is 3. The van der Waals surface area contributed by atoms with Crippen molar-refractivity contribution in [2.24, 2.45) is 5.92 Å². The highest BCUT2D eigenvalue weighted by atomic mass is 16.2. The molecule has 1 amide bonds. The summed E-state index contributed by atoms with van der Waals surface area (Å²) in [6, 6.07) is 0. The Morgan fingerprint density at radius 3 is 2.19 bits per heavy atom. The molecule has 0 aromatic rings. The minimum atomic E-state index is 0.275. The zero-order chi connectivity index (χ0) is 14.9. The first-order chi connectivity index (χ1) is 10.3. The smallest absolute Gasteiger partial charge is 0.225 e. The van der Waals surface area contributed by atoms with Crippen LogP contribution in [0.5, 0.6) is 0 Å². The first-order valence-electron chi connectivity index (χ1n) is 8.93. The van der Waals surface area contributed by atoms with Gasteiger partial charge in [0, 0.05) is 25.6 Å². The average Bonchev–Trinajstić information content (AvgIpc) is 2.81. The standard InChI is InChI=1S/C17H32N2O2/c20-15-7-3-4-10-18-13-8-16(9-14-18)17(21)19-11-5-1-2-6-12-19/h16,20H,1-15H2. The summed E-state index contributed by atoms with van der Waals surface area (Å²) in [4.78, 5) is 17.2. The number of unbranched alkanes of at least 4 members (excludes halogenated alkanes) is 2. The Labute approximate surface area is 129 Å². The van der Waals surface area contributed by atoms with Crippen molar-refractivity contribution in [2.45, 2.75) is 57.8 Å². The monoisotopic (exact) mass is 296 g/mol. The fraction of sp³-hybridized carbons (Fsp3) is 0.941. The van der Waals surface area contributed by atoms with Gasteiger partial charge in [-0.2, -0.15) is 0 Å². The molecule has 0 radical (unpaired) electrons. The van der Waals surface area contributed by atoms with Gasteiger partial charge in [0.05, 0.1) is 0 Å². The summed E-state index contributed by atoms with van der Waals surface area (Å²) in [5.41, 5.74) is 0. The largest absolute Gasteiger partial charge is 0.396 e. The summed E-state index contributed by atoms with van der Waals surface area (Å²) in [5, 5.41) is 8.79. The Kier molecular flexibility index (Phi) is 7.51. The zero-order valence-electron chi connectivity index (χ0n) is 13.4. The van der Waals surface area contributed by atoms with Gasteiger partial charge in [0.25, 0.3) is 0 Å². The van der Waals surface area contributed by atoms with Gasteiger partial charge in [-0.25, -0.2) is 0 Å². The third kappa shape index (κ3) is 5.59. The fourth-order valence-corrected chi connectivity index (χ4v) is 3.58. The van der Waals surface area contributed by atoms with Gasteiger partial charge in [0.2, 0.25) is 5.91 Å². The van der Waals surface area contributed by atoms with E-state index >= 15 is 0 Å². The minimum absolute atomic E-state index is 0.275. The summed E-state index contributed by atoms with van der Waals surface area (Å²) in [7, 11) is 0. The number of aliphatic hydroxyl groups excluding tert-OH is 1. The quantitative estimate of drug-likeness (QED) is 0.765. The SMILES string of the molecule is O=C(C1CCN(CCCCCO)CC1)N1CCCCCC1. The molecule has 1 N–H and O–H groups in total. The van der Waals surface area contributed by atoms with E-state index in [0.717, 1.165) is 58.4 Å². The molecule has 21 heavy (non-hydrogen) atoms. The normalized spacial score (nSPS) is 22.2. The topological polar surface area (TPSA) is 43.8 Å². The lowest BCUT2D eigenvalue weighted by Gasteiger charge is -2.34. The Bertz CT molecular complexity index is 293. The third-order valence-electron chi connectivity index (χ3n) is 4.99.